The van der Waals surface area contributed by atoms with Crippen molar-refractivity contribution in [1.29, 1.82) is 0 Å². The average molecular weight is 272 g/mol. The lowest BCUT2D eigenvalue weighted by Gasteiger charge is -2.36. The maximum absolute atomic E-state index is 5.92. The summed E-state index contributed by atoms with van der Waals surface area (Å²) in [6.07, 6.45) is 7.80. The van der Waals surface area contributed by atoms with Crippen LogP contribution in [0.3, 0.4) is 0 Å². The number of fused-ring (bicyclic) bond motifs is 1. The van der Waals surface area contributed by atoms with Crippen LogP contribution in [0.25, 0.3) is 0 Å². The van der Waals surface area contributed by atoms with Gasteiger partial charge in [-0.05, 0) is 73.0 Å². The third kappa shape index (κ3) is 2.77. The molecule has 1 saturated carbocycles. The maximum Gasteiger partial charge on any atom is 0.0488 e. The van der Waals surface area contributed by atoms with Crippen LogP contribution in [0, 0.1) is 17.8 Å². The number of hydrazine groups is 1. The highest BCUT2D eigenvalue weighted by molar-refractivity contribution is 5.36. The molecule has 20 heavy (non-hydrogen) atoms. The molecule has 2 nitrogen and oxygen atoms in total. The summed E-state index contributed by atoms with van der Waals surface area (Å²) in [4.78, 5) is 0. The number of nitrogens with one attached hydrogen (secondary N) is 1. The van der Waals surface area contributed by atoms with Crippen molar-refractivity contribution in [3.05, 3.63) is 34.9 Å². The van der Waals surface area contributed by atoms with Crippen molar-refractivity contribution in [3.63, 3.8) is 0 Å². The summed E-state index contributed by atoms with van der Waals surface area (Å²) < 4.78 is 0. The van der Waals surface area contributed by atoms with E-state index in [1.54, 1.807) is 11.1 Å². The Hall–Kier alpha value is -0.860. The lowest BCUT2D eigenvalue weighted by Crippen LogP contribution is -2.37. The molecule has 3 atom stereocenters. The molecule has 1 aromatic rings. The van der Waals surface area contributed by atoms with E-state index in [1.165, 1.54) is 44.1 Å². The molecule has 2 aliphatic rings. The monoisotopic (exact) mass is 272 g/mol. The largest absolute Gasteiger partial charge is 0.271 e. The minimum atomic E-state index is 0.325. The van der Waals surface area contributed by atoms with Crippen molar-refractivity contribution in [1.82, 2.24) is 5.43 Å². The topological polar surface area (TPSA) is 38.0 Å². The Kier molecular flexibility index (Phi) is 4.13. The first kappa shape index (κ1) is 14.1. The van der Waals surface area contributed by atoms with Gasteiger partial charge in [-0.3, -0.25) is 11.3 Å². The second-order valence-electron chi connectivity index (χ2n) is 7.20. The van der Waals surface area contributed by atoms with Crippen molar-refractivity contribution in [2.45, 2.75) is 58.4 Å². The van der Waals surface area contributed by atoms with Gasteiger partial charge in [-0.1, -0.05) is 32.0 Å². The van der Waals surface area contributed by atoms with Crippen LogP contribution in [-0.4, -0.2) is 0 Å². The third-order valence-electron chi connectivity index (χ3n) is 5.35. The standard InChI is InChI=1S/C18H28N2/c1-12-8-13(2)10-17(9-12)18(20-19)16-7-6-14-4-3-5-15(14)11-16/h6-7,11-13,17-18,20H,3-5,8-10,19H2,1-2H3. The van der Waals surface area contributed by atoms with Gasteiger partial charge in [0.1, 0.15) is 0 Å². The number of benzene rings is 1. The van der Waals surface area contributed by atoms with Crippen LogP contribution in [-0.2, 0) is 12.8 Å². The Balaban J connectivity index is 1.82. The van der Waals surface area contributed by atoms with Crippen LogP contribution in [0.2, 0.25) is 0 Å². The van der Waals surface area contributed by atoms with Gasteiger partial charge in [-0.15, -0.1) is 0 Å². The summed E-state index contributed by atoms with van der Waals surface area (Å²) in [5.41, 5.74) is 7.63. The van der Waals surface area contributed by atoms with E-state index in [1.807, 2.05) is 0 Å². The summed E-state index contributed by atoms with van der Waals surface area (Å²) in [5.74, 6) is 8.26. The van der Waals surface area contributed by atoms with E-state index in [2.05, 4.69) is 37.5 Å². The Bertz CT molecular complexity index is 458. The van der Waals surface area contributed by atoms with Gasteiger partial charge in [-0.25, -0.2) is 0 Å². The zero-order chi connectivity index (χ0) is 14.1. The molecule has 3 unspecified atom stereocenters. The van der Waals surface area contributed by atoms with Crippen molar-refractivity contribution < 1.29 is 0 Å². The van der Waals surface area contributed by atoms with Gasteiger partial charge < -0.3 is 0 Å². The highest BCUT2D eigenvalue weighted by Crippen LogP contribution is 2.40. The van der Waals surface area contributed by atoms with Gasteiger partial charge in [0, 0.05) is 6.04 Å². The third-order valence-corrected chi connectivity index (χ3v) is 5.35. The molecule has 1 aromatic carbocycles. The second-order valence-corrected chi connectivity index (χ2v) is 7.20. The summed E-state index contributed by atoms with van der Waals surface area (Å²) in [6, 6.07) is 7.37. The second kappa shape index (κ2) is 5.87. The Labute approximate surface area is 123 Å². The predicted molar refractivity (Wildman–Crippen MR) is 84.2 cm³/mol. The molecule has 0 saturated heterocycles. The molecule has 0 amide bonds. The highest BCUT2D eigenvalue weighted by atomic mass is 15.2. The number of hydrogen-bond donors (Lipinski definition) is 2. The fraction of sp³-hybridized carbons (Fsp3) is 0.667. The molecule has 110 valence electrons. The fourth-order valence-electron chi connectivity index (χ4n) is 4.57. The lowest BCUT2D eigenvalue weighted by molar-refractivity contribution is 0.177. The number of nitrogens with two attached hydrogens (primary N) is 1. The van der Waals surface area contributed by atoms with E-state index in [-0.39, 0.29) is 0 Å². The Morgan fingerprint density at radius 2 is 1.75 bits per heavy atom. The first-order valence-corrected chi connectivity index (χ1v) is 8.25. The van der Waals surface area contributed by atoms with Crippen LogP contribution in [0.1, 0.15) is 62.3 Å². The van der Waals surface area contributed by atoms with E-state index in [9.17, 15) is 0 Å². The molecular formula is C18H28N2. The minimum Gasteiger partial charge on any atom is -0.271 e. The molecule has 0 aliphatic heterocycles. The summed E-state index contributed by atoms with van der Waals surface area (Å²) >= 11 is 0. The van der Waals surface area contributed by atoms with E-state index in [0.717, 1.165) is 11.8 Å². The van der Waals surface area contributed by atoms with E-state index in [4.69, 9.17) is 5.84 Å². The number of rotatable bonds is 3. The van der Waals surface area contributed by atoms with Crippen LogP contribution < -0.4 is 11.3 Å². The van der Waals surface area contributed by atoms with E-state index in [0.29, 0.717) is 12.0 Å². The average Bonchev–Trinajstić information content (AvgIpc) is 2.86. The van der Waals surface area contributed by atoms with Crippen LogP contribution in [0.4, 0.5) is 0 Å². The molecule has 0 spiro atoms. The summed E-state index contributed by atoms with van der Waals surface area (Å²) in [6.45, 7) is 4.78. The van der Waals surface area contributed by atoms with E-state index >= 15 is 0 Å². The molecule has 0 radical (unpaired) electrons. The van der Waals surface area contributed by atoms with E-state index < -0.39 is 0 Å². The summed E-state index contributed by atoms with van der Waals surface area (Å²) in [7, 11) is 0. The zero-order valence-corrected chi connectivity index (χ0v) is 12.9. The molecule has 3 N–H and O–H groups in total. The molecule has 3 rings (SSSR count). The lowest BCUT2D eigenvalue weighted by atomic mass is 9.72. The molecular weight excluding hydrogens is 244 g/mol. The number of aryl methyl sites for hydroxylation is 2. The van der Waals surface area contributed by atoms with Crippen LogP contribution in [0.5, 0.6) is 0 Å². The van der Waals surface area contributed by atoms with Gasteiger partial charge in [0.2, 0.25) is 0 Å². The molecule has 0 bridgehead atoms. The number of hydrogen-bond acceptors (Lipinski definition) is 2. The van der Waals surface area contributed by atoms with Gasteiger partial charge >= 0.3 is 0 Å². The van der Waals surface area contributed by atoms with Gasteiger partial charge in [0.15, 0.2) is 0 Å². The highest BCUT2D eigenvalue weighted by Gasteiger charge is 2.30. The molecule has 2 aliphatic carbocycles. The normalized spacial score (nSPS) is 31.1. The Morgan fingerprint density at radius 1 is 1.05 bits per heavy atom. The smallest absolute Gasteiger partial charge is 0.0488 e. The van der Waals surface area contributed by atoms with Crippen molar-refractivity contribution in [3.8, 4) is 0 Å². The molecule has 0 aromatic heterocycles. The molecule has 0 heterocycles. The quantitative estimate of drug-likeness (QED) is 0.649. The fourth-order valence-corrected chi connectivity index (χ4v) is 4.57. The SMILES string of the molecule is CC1CC(C)CC(C(NN)c2ccc3c(c2)CCC3)C1. The summed E-state index contributed by atoms with van der Waals surface area (Å²) in [5, 5.41) is 0. The van der Waals surface area contributed by atoms with Gasteiger partial charge in [-0.2, -0.15) is 0 Å². The van der Waals surface area contributed by atoms with Crippen molar-refractivity contribution >= 4 is 0 Å². The molecule has 1 fully saturated rings. The van der Waals surface area contributed by atoms with Crippen LogP contribution in [0.15, 0.2) is 18.2 Å². The predicted octanol–water partition coefficient (Wildman–Crippen LogP) is 3.75. The maximum atomic E-state index is 5.92. The molecule has 2 heteroatoms. The van der Waals surface area contributed by atoms with Gasteiger partial charge in [0.25, 0.3) is 0 Å². The van der Waals surface area contributed by atoms with Crippen LogP contribution >= 0.6 is 0 Å². The zero-order valence-electron chi connectivity index (χ0n) is 12.9. The van der Waals surface area contributed by atoms with Crippen molar-refractivity contribution in [2.24, 2.45) is 23.6 Å². The first-order chi connectivity index (χ1) is 9.67. The Morgan fingerprint density at radius 3 is 2.45 bits per heavy atom. The van der Waals surface area contributed by atoms with Crippen molar-refractivity contribution in [2.75, 3.05) is 0 Å². The van der Waals surface area contributed by atoms with Gasteiger partial charge in [0.05, 0.1) is 0 Å². The minimum absolute atomic E-state index is 0.325. The first-order valence-electron chi connectivity index (χ1n) is 8.25.